The largest absolute Gasteiger partial charge is 0.215 e. The van der Waals surface area contributed by atoms with Gasteiger partial charge in [0.25, 0.3) is 0 Å². The average molecular weight is 312 g/mol. The van der Waals surface area contributed by atoms with E-state index in [4.69, 9.17) is 0 Å². The second kappa shape index (κ2) is 7.01. The number of hydrogen-bond acceptors (Lipinski definition) is 4. The Labute approximate surface area is 116 Å². The van der Waals surface area contributed by atoms with E-state index in [2.05, 4.69) is 9.44 Å². The Hall–Kier alpha value is -0.180. The molecular weight excluding hydrogens is 288 g/mol. The molecule has 2 atom stereocenters. The Morgan fingerprint density at radius 1 is 1.05 bits per heavy atom. The van der Waals surface area contributed by atoms with Crippen molar-refractivity contribution in [3.8, 4) is 0 Å². The molecule has 1 aliphatic rings. The van der Waals surface area contributed by atoms with Crippen LogP contribution in [0, 0.1) is 5.92 Å². The van der Waals surface area contributed by atoms with Crippen LogP contribution < -0.4 is 9.44 Å². The Bertz CT molecular complexity index is 473. The molecule has 1 aliphatic carbocycles. The maximum atomic E-state index is 11.8. The quantitative estimate of drug-likeness (QED) is 0.572. The topological polar surface area (TPSA) is 92.3 Å². The van der Waals surface area contributed by atoms with Crippen LogP contribution >= 0.6 is 0 Å². The molecule has 1 fully saturated rings. The van der Waals surface area contributed by atoms with Crippen molar-refractivity contribution < 1.29 is 16.8 Å². The third-order valence-electron chi connectivity index (χ3n) is 3.26. The molecule has 0 aliphatic heterocycles. The molecule has 1 rings (SSSR count). The van der Waals surface area contributed by atoms with Crippen LogP contribution in [0.15, 0.2) is 0 Å². The summed E-state index contributed by atoms with van der Waals surface area (Å²) < 4.78 is 51.0. The summed E-state index contributed by atoms with van der Waals surface area (Å²) in [5.74, 6) is 0.259. The van der Waals surface area contributed by atoms with Crippen molar-refractivity contribution in [2.45, 2.75) is 44.8 Å². The lowest BCUT2D eigenvalue weighted by atomic mass is 10.2. The molecule has 19 heavy (non-hydrogen) atoms. The molecule has 8 heteroatoms. The highest BCUT2D eigenvalue weighted by molar-refractivity contribution is 7.90. The Morgan fingerprint density at radius 3 is 2.32 bits per heavy atom. The Morgan fingerprint density at radius 2 is 1.74 bits per heavy atom. The van der Waals surface area contributed by atoms with Gasteiger partial charge < -0.3 is 0 Å². The zero-order valence-corrected chi connectivity index (χ0v) is 13.2. The summed E-state index contributed by atoms with van der Waals surface area (Å²) in [6.45, 7) is 4.39. The zero-order chi connectivity index (χ0) is 14.5. The molecule has 0 aromatic heterocycles. The van der Waals surface area contributed by atoms with Crippen LogP contribution in [0.1, 0.15) is 39.5 Å². The highest BCUT2D eigenvalue weighted by Crippen LogP contribution is 2.40. The first-order chi connectivity index (χ1) is 8.82. The third-order valence-corrected chi connectivity index (χ3v) is 6.65. The zero-order valence-electron chi connectivity index (χ0n) is 11.6. The van der Waals surface area contributed by atoms with Gasteiger partial charge in [-0.05, 0) is 38.5 Å². The van der Waals surface area contributed by atoms with Gasteiger partial charge in [0.1, 0.15) is 0 Å². The lowest BCUT2D eigenvalue weighted by Gasteiger charge is -2.05. The number of rotatable bonds is 10. The molecule has 0 aromatic carbocycles. The van der Waals surface area contributed by atoms with Crippen LogP contribution in [-0.4, -0.2) is 40.9 Å². The molecule has 0 heterocycles. The summed E-state index contributed by atoms with van der Waals surface area (Å²) in [6, 6.07) is 0. The monoisotopic (exact) mass is 312 g/mol. The Balaban J connectivity index is 2.21. The molecule has 1 saturated carbocycles. The number of nitrogens with one attached hydrogen (secondary N) is 2. The fraction of sp³-hybridized carbons (Fsp3) is 1.00. The van der Waals surface area contributed by atoms with E-state index in [1.54, 1.807) is 6.92 Å². The van der Waals surface area contributed by atoms with Gasteiger partial charge in [-0.3, -0.25) is 0 Å². The van der Waals surface area contributed by atoms with Crippen molar-refractivity contribution >= 4 is 20.0 Å². The lowest BCUT2D eigenvalue weighted by Crippen LogP contribution is -2.29. The van der Waals surface area contributed by atoms with Crippen molar-refractivity contribution in [2.24, 2.45) is 5.92 Å². The second-order valence-corrected chi connectivity index (χ2v) is 8.99. The highest BCUT2D eigenvalue weighted by atomic mass is 32.2. The predicted octanol–water partition coefficient (Wildman–Crippen LogP) is 0.424. The average Bonchev–Trinajstić information content (AvgIpc) is 3.13. The molecule has 0 saturated heterocycles. The van der Waals surface area contributed by atoms with Gasteiger partial charge in [0.2, 0.25) is 20.0 Å². The molecule has 114 valence electrons. The summed E-state index contributed by atoms with van der Waals surface area (Å²) in [6.07, 6.45) is 2.92. The van der Waals surface area contributed by atoms with Crippen molar-refractivity contribution in [2.75, 3.05) is 18.8 Å². The molecule has 6 nitrogen and oxygen atoms in total. The van der Waals surface area contributed by atoms with E-state index in [9.17, 15) is 16.8 Å². The summed E-state index contributed by atoms with van der Waals surface area (Å²) >= 11 is 0. The van der Waals surface area contributed by atoms with Crippen LogP contribution in [0.5, 0.6) is 0 Å². The summed E-state index contributed by atoms with van der Waals surface area (Å²) in [5.41, 5.74) is 0. The molecule has 0 amide bonds. The summed E-state index contributed by atoms with van der Waals surface area (Å²) in [4.78, 5) is 0. The molecule has 2 unspecified atom stereocenters. The van der Waals surface area contributed by atoms with E-state index < -0.39 is 20.0 Å². The summed E-state index contributed by atoms with van der Waals surface area (Å²) in [5, 5.41) is -0.276. The minimum absolute atomic E-state index is 0.0777. The van der Waals surface area contributed by atoms with Crippen molar-refractivity contribution in [3.05, 3.63) is 0 Å². The minimum atomic E-state index is -3.16. The van der Waals surface area contributed by atoms with Crippen LogP contribution in [0.25, 0.3) is 0 Å². The van der Waals surface area contributed by atoms with Gasteiger partial charge in [-0.25, -0.2) is 26.3 Å². The van der Waals surface area contributed by atoms with Gasteiger partial charge >= 0.3 is 0 Å². The fourth-order valence-electron chi connectivity index (χ4n) is 1.95. The minimum Gasteiger partial charge on any atom is -0.215 e. The van der Waals surface area contributed by atoms with Gasteiger partial charge in [-0.1, -0.05) is 6.92 Å². The van der Waals surface area contributed by atoms with Crippen LogP contribution in [0.2, 0.25) is 0 Å². The van der Waals surface area contributed by atoms with E-state index in [1.165, 1.54) is 0 Å². The standard InChI is InChI=1S/C11H24N2O4S2/c1-3-7-13-19(16,17)11-9-10(11)6-5-8-12-18(14,15)4-2/h10-13H,3-9H2,1-2H3. The first-order valence-corrected chi connectivity index (χ1v) is 9.98. The third kappa shape index (κ3) is 5.76. The SMILES string of the molecule is CCCNS(=O)(=O)C1CC1CCCNS(=O)(=O)CC. The first-order valence-electron chi connectivity index (χ1n) is 6.78. The van der Waals surface area contributed by atoms with Crippen molar-refractivity contribution in [3.63, 3.8) is 0 Å². The smallest absolute Gasteiger partial charge is 0.214 e. The first kappa shape index (κ1) is 16.9. The van der Waals surface area contributed by atoms with E-state index >= 15 is 0 Å². The number of sulfonamides is 2. The van der Waals surface area contributed by atoms with Crippen LogP contribution in [0.4, 0.5) is 0 Å². The fourth-order valence-corrected chi connectivity index (χ4v) is 4.45. The van der Waals surface area contributed by atoms with E-state index in [1.807, 2.05) is 6.92 Å². The van der Waals surface area contributed by atoms with Crippen molar-refractivity contribution in [1.82, 2.24) is 9.44 Å². The number of hydrogen-bond donors (Lipinski definition) is 2. The maximum Gasteiger partial charge on any atom is 0.214 e. The van der Waals surface area contributed by atoms with E-state index in [0.717, 1.165) is 12.8 Å². The highest BCUT2D eigenvalue weighted by Gasteiger charge is 2.46. The van der Waals surface area contributed by atoms with Crippen LogP contribution in [0.3, 0.4) is 0 Å². The maximum absolute atomic E-state index is 11.8. The Kier molecular flexibility index (Phi) is 6.22. The lowest BCUT2D eigenvalue weighted by molar-refractivity contribution is 0.564. The van der Waals surface area contributed by atoms with E-state index in [0.29, 0.717) is 25.9 Å². The van der Waals surface area contributed by atoms with Gasteiger partial charge in [0, 0.05) is 13.1 Å². The van der Waals surface area contributed by atoms with Crippen LogP contribution in [-0.2, 0) is 20.0 Å². The van der Waals surface area contributed by atoms with Gasteiger partial charge in [0.05, 0.1) is 11.0 Å². The molecule has 0 spiro atoms. The summed E-state index contributed by atoms with van der Waals surface area (Å²) in [7, 11) is -6.29. The van der Waals surface area contributed by atoms with E-state index in [-0.39, 0.29) is 16.9 Å². The van der Waals surface area contributed by atoms with Crippen molar-refractivity contribution in [1.29, 1.82) is 0 Å². The van der Waals surface area contributed by atoms with Gasteiger partial charge in [-0.2, -0.15) is 0 Å². The normalized spacial score (nSPS) is 23.5. The second-order valence-electron chi connectivity index (χ2n) is 4.91. The van der Waals surface area contributed by atoms with Gasteiger partial charge in [0.15, 0.2) is 0 Å². The molecule has 0 aromatic rings. The molecule has 2 N–H and O–H groups in total. The molecule has 0 bridgehead atoms. The molecular formula is C11H24N2O4S2. The van der Waals surface area contributed by atoms with Gasteiger partial charge in [-0.15, -0.1) is 0 Å². The molecule has 0 radical (unpaired) electrons. The predicted molar refractivity (Wildman–Crippen MR) is 75.8 cm³/mol.